The van der Waals surface area contributed by atoms with Crippen molar-refractivity contribution in [1.82, 2.24) is 9.88 Å². The van der Waals surface area contributed by atoms with Gasteiger partial charge in [-0.2, -0.15) is 0 Å². The van der Waals surface area contributed by atoms with E-state index in [9.17, 15) is 4.79 Å². The molecule has 1 N–H and O–H groups in total. The van der Waals surface area contributed by atoms with Crippen molar-refractivity contribution in [2.24, 2.45) is 5.92 Å². The normalized spacial score (nSPS) is 23.1. The largest absolute Gasteiger partial charge is 0.354 e. The van der Waals surface area contributed by atoms with E-state index in [0.717, 1.165) is 32.2 Å². The number of aromatic nitrogens is 1. The van der Waals surface area contributed by atoms with Gasteiger partial charge in [0.25, 0.3) is 0 Å². The molecule has 0 bridgehead atoms. The summed E-state index contributed by atoms with van der Waals surface area (Å²) in [5, 5.41) is 3.24. The summed E-state index contributed by atoms with van der Waals surface area (Å²) < 4.78 is 2.25. The quantitative estimate of drug-likeness (QED) is 0.839. The van der Waals surface area contributed by atoms with Gasteiger partial charge in [-0.3, -0.25) is 4.79 Å². The van der Waals surface area contributed by atoms with Crippen LogP contribution in [0.5, 0.6) is 0 Å². The molecule has 1 aliphatic rings. The minimum Gasteiger partial charge on any atom is -0.354 e. The minimum atomic E-state index is -0.0103. The smallest absolute Gasteiger partial charge is 0.220 e. The first-order chi connectivity index (χ1) is 9.03. The summed E-state index contributed by atoms with van der Waals surface area (Å²) in [6.45, 7) is 7.73. The molecular weight excluding hydrogens is 236 g/mol. The fourth-order valence-corrected chi connectivity index (χ4v) is 3.30. The highest BCUT2D eigenvalue weighted by Crippen LogP contribution is 2.31. The lowest BCUT2D eigenvalue weighted by atomic mass is 9.83. The topological polar surface area (TPSA) is 34.0 Å². The molecule has 1 amide bonds. The Labute approximate surface area is 116 Å². The van der Waals surface area contributed by atoms with Crippen LogP contribution in [0.15, 0.2) is 18.5 Å². The fourth-order valence-electron chi connectivity index (χ4n) is 3.30. The molecule has 1 aliphatic heterocycles. The fraction of sp³-hybridized carbons (Fsp3) is 0.688. The third-order valence-electron chi connectivity index (χ3n) is 3.87. The van der Waals surface area contributed by atoms with Gasteiger partial charge in [-0.25, -0.2) is 0 Å². The molecule has 0 aromatic carbocycles. The molecule has 2 rings (SSSR count). The first-order valence-electron chi connectivity index (χ1n) is 7.49. The van der Waals surface area contributed by atoms with E-state index in [2.05, 4.69) is 49.1 Å². The number of hydrogen-bond donors (Lipinski definition) is 1. The highest BCUT2D eigenvalue weighted by Gasteiger charge is 2.38. The maximum atomic E-state index is 11.6. The van der Waals surface area contributed by atoms with Crippen LogP contribution in [0, 0.1) is 5.92 Å². The minimum absolute atomic E-state index is 0.0103. The van der Waals surface area contributed by atoms with Crippen LogP contribution in [0.25, 0.3) is 0 Å². The zero-order valence-corrected chi connectivity index (χ0v) is 12.4. The van der Waals surface area contributed by atoms with Gasteiger partial charge in [0.2, 0.25) is 5.91 Å². The molecule has 0 spiro atoms. The Morgan fingerprint density at radius 2 is 2.26 bits per heavy atom. The molecule has 1 atom stereocenters. The van der Waals surface area contributed by atoms with Crippen molar-refractivity contribution in [3.63, 3.8) is 0 Å². The second-order valence-electron chi connectivity index (χ2n) is 6.36. The number of nitrogens with zero attached hydrogens (tertiary/aromatic N) is 1. The lowest BCUT2D eigenvalue weighted by Crippen LogP contribution is -2.44. The molecule has 0 saturated carbocycles. The van der Waals surface area contributed by atoms with Crippen LogP contribution >= 0.6 is 0 Å². The number of nitrogens with one attached hydrogen (secondary N) is 1. The van der Waals surface area contributed by atoms with Gasteiger partial charge in [0.1, 0.15) is 0 Å². The Hall–Kier alpha value is -1.25. The van der Waals surface area contributed by atoms with E-state index in [1.807, 2.05) is 0 Å². The predicted molar refractivity (Wildman–Crippen MR) is 78.0 cm³/mol. The van der Waals surface area contributed by atoms with Crippen LogP contribution < -0.4 is 5.32 Å². The molecule has 3 nitrogen and oxygen atoms in total. The zero-order valence-electron chi connectivity index (χ0n) is 12.4. The van der Waals surface area contributed by atoms with Gasteiger partial charge in [-0.05, 0) is 43.2 Å². The van der Waals surface area contributed by atoms with Gasteiger partial charge in [0, 0.05) is 30.9 Å². The van der Waals surface area contributed by atoms with E-state index in [4.69, 9.17) is 0 Å². The van der Waals surface area contributed by atoms with Crippen LogP contribution in [-0.4, -0.2) is 16.0 Å². The summed E-state index contributed by atoms with van der Waals surface area (Å²) >= 11 is 0. The van der Waals surface area contributed by atoms with E-state index in [1.54, 1.807) is 0 Å². The lowest BCUT2D eigenvalue weighted by Gasteiger charge is -2.31. The second kappa shape index (κ2) is 5.81. The Morgan fingerprint density at radius 3 is 2.84 bits per heavy atom. The van der Waals surface area contributed by atoms with Crippen molar-refractivity contribution in [2.45, 2.75) is 65.0 Å². The highest BCUT2D eigenvalue weighted by molar-refractivity contribution is 5.79. The molecule has 0 radical (unpaired) electrons. The molecule has 2 heterocycles. The van der Waals surface area contributed by atoms with E-state index in [-0.39, 0.29) is 11.4 Å². The van der Waals surface area contributed by atoms with Crippen molar-refractivity contribution in [2.75, 3.05) is 0 Å². The molecule has 3 heteroatoms. The first kappa shape index (κ1) is 14.2. The summed E-state index contributed by atoms with van der Waals surface area (Å²) in [6.07, 6.45) is 9.23. The van der Waals surface area contributed by atoms with Crippen molar-refractivity contribution >= 4 is 5.91 Å². The van der Waals surface area contributed by atoms with E-state index in [1.165, 1.54) is 5.56 Å². The van der Waals surface area contributed by atoms with Gasteiger partial charge in [-0.1, -0.05) is 20.8 Å². The second-order valence-corrected chi connectivity index (χ2v) is 6.36. The van der Waals surface area contributed by atoms with Crippen molar-refractivity contribution < 1.29 is 4.79 Å². The Bertz CT molecular complexity index is 436. The zero-order chi connectivity index (χ0) is 13.9. The van der Waals surface area contributed by atoms with Crippen molar-refractivity contribution in [1.29, 1.82) is 0 Å². The highest BCUT2D eigenvalue weighted by atomic mass is 16.2. The summed E-state index contributed by atoms with van der Waals surface area (Å²) in [4.78, 5) is 11.6. The average Bonchev–Trinajstić information content (AvgIpc) is 2.87. The van der Waals surface area contributed by atoms with Gasteiger partial charge >= 0.3 is 0 Å². The molecule has 1 unspecified atom stereocenters. The molecule has 1 fully saturated rings. The molecule has 19 heavy (non-hydrogen) atoms. The lowest BCUT2D eigenvalue weighted by molar-refractivity contribution is -0.119. The monoisotopic (exact) mass is 262 g/mol. The molecular formula is C16H26N2O. The third-order valence-corrected chi connectivity index (χ3v) is 3.87. The first-order valence-corrected chi connectivity index (χ1v) is 7.49. The summed E-state index contributed by atoms with van der Waals surface area (Å²) in [6, 6.07) is 2.20. The van der Waals surface area contributed by atoms with Gasteiger partial charge in [0.05, 0.1) is 0 Å². The van der Waals surface area contributed by atoms with Crippen LogP contribution in [0.1, 0.15) is 52.0 Å². The maximum Gasteiger partial charge on any atom is 0.220 e. The molecule has 1 aromatic rings. The summed E-state index contributed by atoms with van der Waals surface area (Å²) in [5.41, 5.74) is 1.33. The Kier molecular flexibility index (Phi) is 4.33. The van der Waals surface area contributed by atoms with Crippen LogP contribution in [0.3, 0.4) is 0 Å². The van der Waals surface area contributed by atoms with Crippen LogP contribution in [0.2, 0.25) is 0 Å². The molecule has 1 saturated heterocycles. The maximum absolute atomic E-state index is 11.6. The Morgan fingerprint density at radius 1 is 1.47 bits per heavy atom. The number of carbonyl (C=O) groups excluding carboxylic acids is 1. The number of hydrogen-bond acceptors (Lipinski definition) is 1. The standard InChI is InChI=1S/C16H26N2O/c1-4-8-18-9-6-14(12-18)11-16(10-13(2)3)7-5-15(19)17-16/h6,9,12-13H,4-5,7-8,10-11H2,1-3H3,(H,17,19). The summed E-state index contributed by atoms with van der Waals surface area (Å²) in [5.74, 6) is 0.824. The predicted octanol–water partition coefficient (Wildman–Crippen LogP) is 3.14. The van der Waals surface area contributed by atoms with Gasteiger partial charge in [0.15, 0.2) is 0 Å². The number of amides is 1. The molecule has 1 aromatic heterocycles. The van der Waals surface area contributed by atoms with E-state index in [0.29, 0.717) is 12.3 Å². The third kappa shape index (κ3) is 3.62. The average molecular weight is 262 g/mol. The van der Waals surface area contributed by atoms with Crippen molar-refractivity contribution in [3.8, 4) is 0 Å². The van der Waals surface area contributed by atoms with Gasteiger partial charge in [-0.15, -0.1) is 0 Å². The van der Waals surface area contributed by atoms with E-state index < -0.39 is 0 Å². The number of rotatable bonds is 6. The SMILES string of the molecule is CCCn1ccc(CC2(CC(C)C)CCC(=O)N2)c1. The van der Waals surface area contributed by atoms with Crippen molar-refractivity contribution in [3.05, 3.63) is 24.0 Å². The van der Waals surface area contributed by atoms with Crippen LogP contribution in [0.4, 0.5) is 0 Å². The van der Waals surface area contributed by atoms with Gasteiger partial charge < -0.3 is 9.88 Å². The Balaban J connectivity index is 2.09. The van der Waals surface area contributed by atoms with E-state index >= 15 is 0 Å². The molecule has 0 aliphatic carbocycles. The molecule has 106 valence electrons. The summed E-state index contributed by atoms with van der Waals surface area (Å²) in [7, 11) is 0. The number of carbonyl (C=O) groups is 1. The number of aryl methyl sites for hydroxylation is 1. The van der Waals surface area contributed by atoms with Crippen LogP contribution in [-0.2, 0) is 17.8 Å².